The fraction of sp³-hybridized carbons (Fsp3) is 0.133. The van der Waals surface area contributed by atoms with Crippen molar-refractivity contribution < 1.29 is 28.2 Å². The summed E-state index contributed by atoms with van der Waals surface area (Å²) in [6.07, 6.45) is 0. The minimum Gasteiger partial charge on any atom is -0.497 e. The van der Waals surface area contributed by atoms with E-state index in [-0.39, 0.29) is 11.7 Å². The number of hydrogen-bond acceptors (Lipinski definition) is 5. The maximum Gasteiger partial charge on any atom is 0.337 e. The van der Waals surface area contributed by atoms with Gasteiger partial charge < -0.3 is 19.1 Å². The van der Waals surface area contributed by atoms with Gasteiger partial charge in [0.2, 0.25) is 0 Å². The number of carbonyl (C=O) groups excluding carboxylic acids is 2. The van der Waals surface area contributed by atoms with Gasteiger partial charge in [0, 0.05) is 18.7 Å². The van der Waals surface area contributed by atoms with Crippen molar-refractivity contribution in [1.29, 1.82) is 0 Å². The second-order valence-corrected chi connectivity index (χ2v) is 8.25. The molecule has 0 heterocycles. The van der Waals surface area contributed by atoms with Crippen LogP contribution in [0.1, 0.15) is 31.8 Å². The molecule has 0 N–H and O–H groups in total. The fourth-order valence-corrected chi connectivity index (χ4v) is 3.74. The molecule has 0 aliphatic rings. The number of nitrogens with zero attached hydrogens (tertiary/aromatic N) is 1. The average Bonchev–Trinajstić information content (AvgIpc) is 2.94. The number of amides is 1. The zero-order chi connectivity index (χ0) is 26.2. The Morgan fingerprint density at radius 3 is 1.81 bits per heavy atom. The van der Waals surface area contributed by atoms with Crippen LogP contribution in [-0.4, -0.2) is 31.0 Å². The Morgan fingerprint density at radius 1 is 0.703 bits per heavy atom. The van der Waals surface area contributed by atoms with E-state index in [2.05, 4.69) is 0 Å². The number of methoxy groups -OCH3 is 2. The molecule has 1 amide bonds. The molecule has 4 rings (SSSR count). The minimum absolute atomic E-state index is 0.109. The van der Waals surface area contributed by atoms with Gasteiger partial charge in [-0.3, -0.25) is 4.79 Å². The average molecular weight is 500 g/mol. The van der Waals surface area contributed by atoms with Gasteiger partial charge in [0.05, 0.1) is 19.8 Å². The summed E-state index contributed by atoms with van der Waals surface area (Å²) in [7, 11) is 2.93. The molecule has 0 unspecified atom stereocenters. The highest BCUT2D eigenvalue weighted by atomic mass is 19.1. The highest BCUT2D eigenvalue weighted by Crippen LogP contribution is 2.25. The largest absolute Gasteiger partial charge is 0.497 e. The SMILES string of the molecule is COC(=O)c1ccc(CN(Cc2ccc(OC)cc2)C(=O)c2ccc(Oc3ccccc3F)cc2)cc1. The molecule has 7 heteroatoms. The van der Waals surface area contributed by atoms with Gasteiger partial charge in [0.1, 0.15) is 11.5 Å². The van der Waals surface area contributed by atoms with Gasteiger partial charge in [0.15, 0.2) is 11.6 Å². The monoisotopic (exact) mass is 499 g/mol. The van der Waals surface area contributed by atoms with Gasteiger partial charge >= 0.3 is 5.97 Å². The molecule has 0 atom stereocenters. The summed E-state index contributed by atoms with van der Waals surface area (Å²) in [4.78, 5) is 27.0. The molecule has 0 fully saturated rings. The molecule has 4 aromatic carbocycles. The molecular formula is C30H26FNO5. The van der Waals surface area contributed by atoms with Crippen molar-refractivity contribution in [3.63, 3.8) is 0 Å². The first kappa shape index (κ1) is 25.4. The van der Waals surface area contributed by atoms with E-state index in [1.165, 1.54) is 19.2 Å². The van der Waals surface area contributed by atoms with Crippen LogP contribution in [-0.2, 0) is 17.8 Å². The summed E-state index contributed by atoms with van der Waals surface area (Å²) in [5.41, 5.74) is 2.68. The molecule has 4 aromatic rings. The molecule has 0 aliphatic carbocycles. The van der Waals surface area contributed by atoms with Crippen LogP contribution in [0.15, 0.2) is 97.1 Å². The topological polar surface area (TPSA) is 65.1 Å². The first-order valence-corrected chi connectivity index (χ1v) is 11.6. The van der Waals surface area contributed by atoms with E-state index < -0.39 is 11.8 Å². The first-order valence-electron chi connectivity index (χ1n) is 11.6. The smallest absolute Gasteiger partial charge is 0.337 e. The predicted octanol–water partition coefficient (Wildman–Crippen LogP) is 6.26. The number of hydrogen-bond donors (Lipinski definition) is 0. The first-order chi connectivity index (χ1) is 18.0. The van der Waals surface area contributed by atoms with E-state index in [0.29, 0.717) is 30.0 Å². The van der Waals surface area contributed by atoms with Gasteiger partial charge in [-0.25, -0.2) is 9.18 Å². The van der Waals surface area contributed by atoms with E-state index in [1.54, 1.807) is 72.7 Å². The highest BCUT2D eigenvalue weighted by Gasteiger charge is 2.18. The van der Waals surface area contributed by atoms with E-state index >= 15 is 0 Å². The van der Waals surface area contributed by atoms with Gasteiger partial charge in [0.25, 0.3) is 5.91 Å². The number of rotatable bonds is 9. The molecule has 188 valence electrons. The molecule has 0 aromatic heterocycles. The lowest BCUT2D eigenvalue weighted by molar-refractivity contribution is 0.0600. The molecule has 0 aliphatic heterocycles. The zero-order valence-electron chi connectivity index (χ0n) is 20.5. The van der Waals surface area contributed by atoms with Crippen molar-refractivity contribution in [2.24, 2.45) is 0 Å². The van der Waals surface area contributed by atoms with Crippen LogP contribution in [0.4, 0.5) is 4.39 Å². The van der Waals surface area contributed by atoms with Gasteiger partial charge in [-0.15, -0.1) is 0 Å². The highest BCUT2D eigenvalue weighted by molar-refractivity contribution is 5.94. The standard InChI is InChI=1S/C30H26FNO5/c1-35-25-15-9-22(10-16-25)20-32(19-21-7-11-24(12-8-21)30(34)36-2)29(33)23-13-17-26(18-14-23)37-28-6-4-3-5-27(28)31/h3-18H,19-20H2,1-2H3. The normalized spacial score (nSPS) is 10.5. The fourth-order valence-electron chi connectivity index (χ4n) is 3.74. The van der Waals surface area contributed by atoms with Crippen LogP contribution in [0.3, 0.4) is 0 Å². The van der Waals surface area contributed by atoms with Crippen molar-refractivity contribution >= 4 is 11.9 Å². The Balaban J connectivity index is 1.55. The quantitative estimate of drug-likeness (QED) is 0.255. The van der Waals surface area contributed by atoms with E-state index in [9.17, 15) is 14.0 Å². The van der Waals surface area contributed by atoms with Crippen LogP contribution in [0.25, 0.3) is 0 Å². The van der Waals surface area contributed by atoms with Crippen LogP contribution >= 0.6 is 0 Å². The number of halogens is 1. The number of ether oxygens (including phenoxy) is 3. The Kier molecular flexibility index (Phi) is 8.15. The Bertz CT molecular complexity index is 1350. The second-order valence-electron chi connectivity index (χ2n) is 8.25. The predicted molar refractivity (Wildman–Crippen MR) is 137 cm³/mol. The maximum atomic E-state index is 13.9. The Morgan fingerprint density at radius 2 is 1.24 bits per heavy atom. The van der Waals surface area contributed by atoms with Gasteiger partial charge in [-0.1, -0.05) is 36.4 Å². The third-order valence-electron chi connectivity index (χ3n) is 5.73. The Hall–Kier alpha value is -4.65. The van der Waals surface area contributed by atoms with Gasteiger partial charge in [-0.2, -0.15) is 0 Å². The third kappa shape index (κ3) is 6.52. The molecule has 0 spiro atoms. The van der Waals surface area contributed by atoms with Crippen LogP contribution in [0, 0.1) is 5.82 Å². The lowest BCUT2D eigenvalue weighted by Crippen LogP contribution is -2.30. The minimum atomic E-state index is -0.466. The summed E-state index contributed by atoms with van der Waals surface area (Å²) in [6, 6.07) is 27.2. The van der Waals surface area contributed by atoms with E-state index in [1.807, 2.05) is 24.3 Å². The summed E-state index contributed by atoms with van der Waals surface area (Å²) < 4.78 is 29.5. The molecular weight excluding hydrogens is 473 g/mol. The van der Waals surface area contributed by atoms with Crippen molar-refractivity contribution in [2.75, 3.05) is 14.2 Å². The number of carbonyl (C=O) groups is 2. The number of para-hydroxylation sites is 1. The summed E-state index contributed by atoms with van der Waals surface area (Å²) in [5.74, 6) is 0.178. The Labute approximate surface area is 214 Å². The van der Waals surface area contributed by atoms with E-state index in [0.717, 1.165) is 16.9 Å². The lowest BCUT2D eigenvalue weighted by Gasteiger charge is -2.23. The molecule has 0 saturated carbocycles. The van der Waals surface area contributed by atoms with E-state index in [4.69, 9.17) is 14.2 Å². The molecule has 37 heavy (non-hydrogen) atoms. The van der Waals surface area contributed by atoms with Gasteiger partial charge in [-0.05, 0) is 71.8 Å². The third-order valence-corrected chi connectivity index (χ3v) is 5.73. The molecule has 0 saturated heterocycles. The summed E-state index contributed by atoms with van der Waals surface area (Å²) in [6.45, 7) is 0.675. The van der Waals surface area contributed by atoms with Crippen molar-refractivity contribution in [2.45, 2.75) is 13.1 Å². The number of esters is 1. The second kappa shape index (κ2) is 11.9. The number of benzene rings is 4. The van der Waals surface area contributed by atoms with Crippen molar-refractivity contribution in [3.8, 4) is 17.2 Å². The maximum absolute atomic E-state index is 13.9. The van der Waals surface area contributed by atoms with Crippen molar-refractivity contribution in [3.05, 3.63) is 125 Å². The molecule has 0 bridgehead atoms. The van der Waals surface area contributed by atoms with Crippen LogP contribution in [0.5, 0.6) is 17.2 Å². The van der Waals surface area contributed by atoms with Crippen molar-refractivity contribution in [1.82, 2.24) is 4.90 Å². The van der Waals surface area contributed by atoms with Crippen LogP contribution in [0.2, 0.25) is 0 Å². The summed E-state index contributed by atoms with van der Waals surface area (Å²) >= 11 is 0. The zero-order valence-corrected chi connectivity index (χ0v) is 20.5. The summed E-state index contributed by atoms with van der Waals surface area (Å²) in [5, 5.41) is 0. The lowest BCUT2D eigenvalue weighted by atomic mass is 10.1. The molecule has 6 nitrogen and oxygen atoms in total. The molecule has 0 radical (unpaired) electrons. The van der Waals surface area contributed by atoms with Crippen LogP contribution < -0.4 is 9.47 Å².